The molecule has 0 radical (unpaired) electrons. The Morgan fingerprint density at radius 2 is 2.08 bits per heavy atom. The van der Waals surface area contributed by atoms with Gasteiger partial charge < -0.3 is 20.5 Å². The molecule has 0 spiro atoms. The van der Waals surface area contributed by atoms with Gasteiger partial charge in [0.15, 0.2) is 5.96 Å². The van der Waals surface area contributed by atoms with Gasteiger partial charge in [0.2, 0.25) is 0 Å². The van der Waals surface area contributed by atoms with Gasteiger partial charge in [-0.15, -0.1) is 24.0 Å². The van der Waals surface area contributed by atoms with Crippen molar-refractivity contribution in [2.75, 3.05) is 20.3 Å². The van der Waals surface area contributed by atoms with E-state index in [1.165, 1.54) is 5.39 Å². The van der Waals surface area contributed by atoms with Crippen molar-refractivity contribution in [3.8, 4) is 5.75 Å². The van der Waals surface area contributed by atoms with Crippen LogP contribution in [0.15, 0.2) is 41.4 Å². The summed E-state index contributed by atoms with van der Waals surface area (Å²) < 4.78 is 10.8. The van der Waals surface area contributed by atoms with E-state index in [9.17, 15) is 0 Å². The fourth-order valence-corrected chi connectivity index (χ4v) is 2.75. The van der Waals surface area contributed by atoms with Gasteiger partial charge in [-0.25, -0.2) is 4.99 Å². The van der Waals surface area contributed by atoms with Crippen LogP contribution >= 0.6 is 24.0 Å². The van der Waals surface area contributed by atoms with Crippen LogP contribution < -0.4 is 15.8 Å². The quantitative estimate of drug-likeness (QED) is 0.425. The zero-order valence-corrected chi connectivity index (χ0v) is 16.2. The molecule has 1 unspecified atom stereocenters. The highest BCUT2D eigenvalue weighted by Gasteiger charge is 2.14. The number of guanidine groups is 1. The van der Waals surface area contributed by atoms with Crippen molar-refractivity contribution in [3.63, 3.8) is 0 Å². The minimum absolute atomic E-state index is 0. The normalized spacial score (nSPS) is 17.5. The molecule has 1 aliphatic rings. The maximum atomic E-state index is 5.92. The number of nitrogens with two attached hydrogens (primary N) is 1. The summed E-state index contributed by atoms with van der Waals surface area (Å²) in [4.78, 5) is 4.40. The summed E-state index contributed by atoms with van der Waals surface area (Å²) >= 11 is 0. The minimum Gasteiger partial charge on any atom is -0.497 e. The highest BCUT2D eigenvalue weighted by Crippen LogP contribution is 2.22. The van der Waals surface area contributed by atoms with Crippen LogP contribution in [0.4, 0.5) is 0 Å². The Morgan fingerprint density at radius 3 is 2.83 bits per heavy atom. The smallest absolute Gasteiger partial charge is 0.189 e. The third-order valence-electron chi connectivity index (χ3n) is 4.08. The average molecular weight is 441 g/mol. The van der Waals surface area contributed by atoms with Crippen molar-refractivity contribution in [1.82, 2.24) is 5.32 Å². The fourth-order valence-electron chi connectivity index (χ4n) is 2.75. The van der Waals surface area contributed by atoms with Gasteiger partial charge in [-0.2, -0.15) is 0 Å². The van der Waals surface area contributed by atoms with Crippen LogP contribution in [0.1, 0.15) is 18.4 Å². The first-order valence-electron chi connectivity index (χ1n) is 7.96. The summed E-state index contributed by atoms with van der Waals surface area (Å²) in [6.45, 7) is 2.14. The second-order valence-electron chi connectivity index (χ2n) is 5.76. The van der Waals surface area contributed by atoms with Crippen LogP contribution in [-0.4, -0.2) is 32.3 Å². The van der Waals surface area contributed by atoms with Crippen molar-refractivity contribution >= 4 is 40.7 Å². The van der Waals surface area contributed by atoms with Crippen molar-refractivity contribution in [2.24, 2.45) is 10.7 Å². The second-order valence-corrected chi connectivity index (χ2v) is 5.76. The summed E-state index contributed by atoms with van der Waals surface area (Å²) in [5.41, 5.74) is 7.05. The number of nitrogens with one attached hydrogen (secondary N) is 1. The number of fused-ring (bicyclic) bond motifs is 1. The SMILES string of the molecule is COc1ccc2cc(CN=C(N)NCC3CCCO3)ccc2c1.I. The molecule has 2 aromatic carbocycles. The Morgan fingerprint density at radius 1 is 1.29 bits per heavy atom. The molecule has 1 saturated heterocycles. The van der Waals surface area contributed by atoms with Crippen LogP contribution in [0.25, 0.3) is 10.8 Å². The number of hydrogen-bond acceptors (Lipinski definition) is 3. The molecule has 1 heterocycles. The Kier molecular flexibility index (Phi) is 7.11. The third kappa shape index (κ3) is 4.98. The first kappa shape index (κ1) is 18.8. The summed E-state index contributed by atoms with van der Waals surface area (Å²) in [5.74, 6) is 1.33. The zero-order valence-electron chi connectivity index (χ0n) is 13.8. The lowest BCUT2D eigenvalue weighted by Crippen LogP contribution is -2.37. The number of methoxy groups -OCH3 is 1. The number of hydrogen-bond donors (Lipinski definition) is 2. The van der Waals surface area contributed by atoms with E-state index in [4.69, 9.17) is 15.2 Å². The molecule has 0 aromatic heterocycles. The van der Waals surface area contributed by atoms with Gasteiger partial charge in [-0.1, -0.05) is 18.2 Å². The molecular formula is C18H24IN3O2. The summed E-state index contributed by atoms with van der Waals surface area (Å²) in [6, 6.07) is 12.3. The fraction of sp³-hybridized carbons (Fsp3) is 0.389. The third-order valence-corrected chi connectivity index (χ3v) is 4.08. The molecule has 130 valence electrons. The van der Waals surface area contributed by atoms with E-state index in [-0.39, 0.29) is 30.1 Å². The standard InChI is InChI=1S/C18H23N3O2.HI/c1-22-16-7-6-14-9-13(4-5-15(14)10-16)11-20-18(19)21-12-17-3-2-8-23-17;/h4-7,9-10,17H,2-3,8,11-12H2,1H3,(H3,19,20,21);1H. The van der Waals surface area contributed by atoms with E-state index in [1.54, 1.807) is 7.11 Å². The van der Waals surface area contributed by atoms with E-state index in [0.717, 1.165) is 42.7 Å². The molecule has 0 bridgehead atoms. The van der Waals surface area contributed by atoms with Crippen LogP contribution in [0.5, 0.6) is 5.75 Å². The molecule has 0 aliphatic carbocycles. The highest BCUT2D eigenvalue weighted by atomic mass is 127. The van der Waals surface area contributed by atoms with Gasteiger partial charge in [0.05, 0.1) is 19.8 Å². The van der Waals surface area contributed by atoms with Crippen LogP contribution in [0, 0.1) is 0 Å². The number of benzene rings is 2. The molecule has 3 rings (SSSR count). The summed E-state index contributed by atoms with van der Waals surface area (Å²) in [6.07, 6.45) is 2.49. The molecule has 0 saturated carbocycles. The van der Waals surface area contributed by atoms with Gasteiger partial charge in [0.25, 0.3) is 0 Å². The topological polar surface area (TPSA) is 68.9 Å². The van der Waals surface area contributed by atoms with E-state index in [2.05, 4.69) is 34.6 Å². The van der Waals surface area contributed by atoms with Gasteiger partial charge in [-0.05, 0) is 47.4 Å². The minimum atomic E-state index is 0. The monoisotopic (exact) mass is 441 g/mol. The van der Waals surface area contributed by atoms with Gasteiger partial charge in [0, 0.05) is 13.2 Å². The second kappa shape index (κ2) is 9.08. The largest absolute Gasteiger partial charge is 0.497 e. The molecule has 5 nitrogen and oxygen atoms in total. The Hall–Kier alpha value is -1.54. The van der Waals surface area contributed by atoms with Gasteiger partial charge in [0.1, 0.15) is 5.75 Å². The number of halogens is 1. The van der Waals surface area contributed by atoms with Crippen molar-refractivity contribution in [1.29, 1.82) is 0 Å². The molecular weight excluding hydrogens is 417 g/mol. The van der Waals surface area contributed by atoms with Crippen molar-refractivity contribution in [2.45, 2.75) is 25.5 Å². The van der Waals surface area contributed by atoms with Crippen molar-refractivity contribution < 1.29 is 9.47 Å². The molecule has 3 N–H and O–H groups in total. The number of ether oxygens (including phenoxy) is 2. The Balaban J connectivity index is 0.00000208. The zero-order chi connectivity index (χ0) is 16.1. The van der Waals surface area contributed by atoms with E-state index < -0.39 is 0 Å². The maximum Gasteiger partial charge on any atom is 0.189 e. The molecule has 1 atom stereocenters. The van der Waals surface area contributed by atoms with Gasteiger partial charge in [-0.3, -0.25) is 0 Å². The molecule has 0 amide bonds. The number of rotatable bonds is 5. The van der Waals surface area contributed by atoms with Crippen LogP contribution in [0.3, 0.4) is 0 Å². The first-order chi connectivity index (χ1) is 11.2. The summed E-state index contributed by atoms with van der Waals surface area (Å²) in [7, 11) is 1.68. The molecule has 1 aliphatic heterocycles. The molecule has 1 fully saturated rings. The average Bonchev–Trinajstić information content (AvgIpc) is 3.11. The maximum absolute atomic E-state index is 5.92. The number of nitrogens with zero attached hydrogens (tertiary/aromatic N) is 1. The van der Waals surface area contributed by atoms with Crippen LogP contribution in [0.2, 0.25) is 0 Å². The molecule has 2 aromatic rings. The van der Waals surface area contributed by atoms with E-state index in [1.807, 2.05) is 12.1 Å². The van der Waals surface area contributed by atoms with E-state index in [0.29, 0.717) is 12.5 Å². The predicted molar refractivity (Wildman–Crippen MR) is 108 cm³/mol. The lowest BCUT2D eigenvalue weighted by Gasteiger charge is -2.11. The highest BCUT2D eigenvalue weighted by molar-refractivity contribution is 14.0. The Bertz CT molecular complexity index is 700. The molecule has 24 heavy (non-hydrogen) atoms. The van der Waals surface area contributed by atoms with E-state index >= 15 is 0 Å². The lowest BCUT2D eigenvalue weighted by molar-refractivity contribution is 0.114. The summed E-state index contributed by atoms with van der Waals surface area (Å²) in [5, 5.41) is 5.46. The van der Waals surface area contributed by atoms with Gasteiger partial charge >= 0.3 is 0 Å². The molecule has 6 heteroatoms. The van der Waals surface area contributed by atoms with Crippen molar-refractivity contribution in [3.05, 3.63) is 42.0 Å². The van der Waals surface area contributed by atoms with Crippen LogP contribution in [-0.2, 0) is 11.3 Å². The predicted octanol–water partition coefficient (Wildman–Crippen LogP) is 3.05. The first-order valence-corrected chi connectivity index (χ1v) is 7.96. The number of aliphatic imine (C=N–C) groups is 1. The Labute approximate surface area is 159 Å². The lowest BCUT2D eigenvalue weighted by atomic mass is 10.1.